The Bertz CT molecular complexity index is 695. The summed E-state index contributed by atoms with van der Waals surface area (Å²) in [6.07, 6.45) is 5.72. The molecule has 0 N–H and O–H groups in total. The van der Waals surface area contributed by atoms with E-state index in [1.807, 2.05) is 0 Å². The Balaban J connectivity index is 1.29. The molecule has 2 aliphatic rings. The summed E-state index contributed by atoms with van der Waals surface area (Å²) in [5.74, 6) is 4.34. The van der Waals surface area contributed by atoms with E-state index >= 15 is 0 Å². The maximum absolute atomic E-state index is 6.06. The van der Waals surface area contributed by atoms with Gasteiger partial charge in [-0.1, -0.05) is 19.0 Å². The fraction of sp³-hybridized carbons (Fsp3) is 0.700. The monoisotopic (exact) mass is 359 g/mol. The van der Waals surface area contributed by atoms with Crippen LogP contribution in [-0.4, -0.2) is 34.7 Å². The maximum atomic E-state index is 6.06. The highest BCUT2D eigenvalue weighted by molar-refractivity contribution is 5.10. The summed E-state index contributed by atoms with van der Waals surface area (Å²) >= 11 is 0. The molecule has 6 heteroatoms. The van der Waals surface area contributed by atoms with Gasteiger partial charge in [-0.15, -0.1) is 0 Å². The van der Waals surface area contributed by atoms with Gasteiger partial charge in [-0.2, -0.15) is 4.98 Å². The van der Waals surface area contributed by atoms with Crippen molar-refractivity contribution in [2.24, 2.45) is 0 Å². The third-order valence-corrected chi connectivity index (χ3v) is 5.47. The summed E-state index contributed by atoms with van der Waals surface area (Å²) < 4.78 is 17.4. The van der Waals surface area contributed by atoms with E-state index in [1.165, 1.54) is 6.42 Å². The first-order valence-electron chi connectivity index (χ1n) is 9.95. The van der Waals surface area contributed by atoms with Crippen LogP contribution in [0, 0.1) is 0 Å². The molecule has 2 aromatic rings. The van der Waals surface area contributed by atoms with Crippen molar-refractivity contribution < 1.29 is 13.7 Å². The van der Waals surface area contributed by atoms with Gasteiger partial charge in [0.25, 0.3) is 0 Å². The molecular formula is C20H29N3O3. The molecular weight excluding hydrogens is 330 g/mol. The zero-order valence-electron chi connectivity index (χ0n) is 15.8. The van der Waals surface area contributed by atoms with E-state index in [0.717, 1.165) is 75.2 Å². The summed E-state index contributed by atoms with van der Waals surface area (Å²) in [7, 11) is 0. The number of aromatic nitrogens is 2. The zero-order valence-corrected chi connectivity index (χ0v) is 15.8. The minimum Gasteiger partial charge on any atom is -0.462 e. The lowest BCUT2D eigenvalue weighted by molar-refractivity contribution is 0.000754. The third-order valence-electron chi connectivity index (χ3n) is 5.47. The van der Waals surface area contributed by atoms with Crippen molar-refractivity contribution in [2.75, 3.05) is 19.7 Å². The fourth-order valence-electron chi connectivity index (χ4n) is 3.82. The van der Waals surface area contributed by atoms with Crippen LogP contribution in [0.2, 0.25) is 0 Å². The second-order valence-corrected chi connectivity index (χ2v) is 7.86. The predicted octanol–water partition coefficient (Wildman–Crippen LogP) is 4.41. The van der Waals surface area contributed by atoms with E-state index < -0.39 is 0 Å². The quantitative estimate of drug-likeness (QED) is 0.788. The minimum absolute atomic E-state index is 0.149. The Hall–Kier alpha value is -1.66. The number of nitrogens with zero attached hydrogens (tertiary/aromatic N) is 3. The van der Waals surface area contributed by atoms with Crippen molar-refractivity contribution in [3.05, 3.63) is 35.4 Å². The SMILES string of the molecule is CC(C)c1noc(C2CCN(Cc3ccc([C@@H]4CCCCO4)o3)CC2)n1. The summed E-state index contributed by atoms with van der Waals surface area (Å²) in [6.45, 7) is 7.95. The van der Waals surface area contributed by atoms with Crippen LogP contribution in [-0.2, 0) is 11.3 Å². The Morgan fingerprint density at radius 2 is 2.00 bits per heavy atom. The number of hydrogen-bond donors (Lipinski definition) is 0. The Morgan fingerprint density at radius 1 is 1.15 bits per heavy atom. The first-order chi connectivity index (χ1) is 12.7. The maximum Gasteiger partial charge on any atom is 0.229 e. The van der Waals surface area contributed by atoms with Crippen LogP contribution in [0.15, 0.2) is 21.1 Å². The lowest BCUT2D eigenvalue weighted by Gasteiger charge is -2.29. The van der Waals surface area contributed by atoms with Gasteiger partial charge in [0, 0.05) is 18.4 Å². The molecule has 2 aliphatic heterocycles. The number of likely N-dealkylation sites (tertiary alicyclic amines) is 1. The highest BCUT2D eigenvalue weighted by Crippen LogP contribution is 2.31. The van der Waals surface area contributed by atoms with Crippen molar-refractivity contribution in [1.82, 2.24) is 15.0 Å². The van der Waals surface area contributed by atoms with E-state index in [-0.39, 0.29) is 6.10 Å². The summed E-state index contributed by atoms with van der Waals surface area (Å²) in [4.78, 5) is 7.01. The lowest BCUT2D eigenvalue weighted by atomic mass is 9.96. The first kappa shape index (κ1) is 17.7. The van der Waals surface area contributed by atoms with Crippen molar-refractivity contribution in [2.45, 2.75) is 70.4 Å². The second kappa shape index (κ2) is 7.92. The molecule has 2 fully saturated rings. The first-order valence-corrected chi connectivity index (χ1v) is 9.95. The highest BCUT2D eigenvalue weighted by atomic mass is 16.5. The molecule has 26 heavy (non-hydrogen) atoms. The molecule has 0 saturated carbocycles. The molecule has 0 bridgehead atoms. The molecule has 0 aliphatic carbocycles. The molecule has 4 rings (SSSR count). The number of piperidine rings is 1. The van der Waals surface area contributed by atoms with Crippen LogP contribution >= 0.6 is 0 Å². The molecule has 0 aromatic carbocycles. The smallest absolute Gasteiger partial charge is 0.229 e. The van der Waals surface area contributed by atoms with E-state index in [0.29, 0.717) is 11.8 Å². The molecule has 0 unspecified atom stereocenters. The van der Waals surface area contributed by atoms with Crippen molar-refractivity contribution in [1.29, 1.82) is 0 Å². The molecule has 1 atom stereocenters. The summed E-state index contributed by atoms with van der Waals surface area (Å²) in [6, 6.07) is 4.19. The van der Waals surface area contributed by atoms with E-state index in [9.17, 15) is 0 Å². The zero-order chi connectivity index (χ0) is 17.9. The summed E-state index contributed by atoms with van der Waals surface area (Å²) in [5.41, 5.74) is 0. The van der Waals surface area contributed by atoms with Gasteiger partial charge in [-0.25, -0.2) is 0 Å². The van der Waals surface area contributed by atoms with Gasteiger partial charge in [0.15, 0.2) is 5.82 Å². The standard InChI is InChI=1S/C20H29N3O3/c1-14(2)19-21-20(26-22-19)15-8-10-23(11-9-15)13-16-6-7-18(25-16)17-5-3-4-12-24-17/h6-7,14-15,17H,3-5,8-13H2,1-2H3/t17-/m0/s1. The number of furan rings is 1. The van der Waals surface area contributed by atoms with Gasteiger partial charge in [-0.05, 0) is 57.3 Å². The topological polar surface area (TPSA) is 64.5 Å². The van der Waals surface area contributed by atoms with E-state index in [4.69, 9.17) is 13.7 Å². The van der Waals surface area contributed by atoms with Gasteiger partial charge in [0.1, 0.15) is 17.6 Å². The van der Waals surface area contributed by atoms with Gasteiger partial charge < -0.3 is 13.7 Å². The van der Waals surface area contributed by atoms with Gasteiger partial charge >= 0.3 is 0 Å². The number of hydrogen-bond acceptors (Lipinski definition) is 6. The fourth-order valence-corrected chi connectivity index (χ4v) is 3.82. The second-order valence-electron chi connectivity index (χ2n) is 7.86. The average molecular weight is 359 g/mol. The van der Waals surface area contributed by atoms with Crippen molar-refractivity contribution in [3.63, 3.8) is 0 Å². The predicted molar refractivity (Wildman–Crippen MR) is 96.9 cm³/mol. The number of rotatable bonds is 5. The molecule has 0 spiro atoms. The highest BCUT2D eigenvalue weighted by Gasteiger charge is 2.26. The lowest BCUT2D eigenvalue weighted by Crippen LogP contribution is -2.32. The van der Waals surface area contributed by atoms with Gasteiger partial charge in [-0.3, -0.25) is 4.90 Å². The van der Waals surface area contributed by atoms with Crippen LogP contribution < -0.4 is 0 Å². The largest absolute Gasteiger partial charge is 0.462 e. The normalized spacial score (nSPS) is 23.0. The average Bonchev–Trinajstić information content (AvgIpc) is 3.33. The van der Waals surface area contributed by atoms with Crippen LogP contribution in [0.3, 0.4) is 0 Å². The van der Waals surface area contributed by atoms with Crippen LogP contribution in [0.4, 0.5) is 0 Å². The van der Waals surface area contributed by atoms with Crippen LogP contribution in [0.5, 0.6) is 0 Å². The molecule has 0 amide bonds. The molecule has 2 saturated heterocycles. The molecule has 2 aromatic heterocycles. The Labute approximate surface area is 154 Å². The molecule has 6 nitrogen and oxygen atoms in total. The Morgan fingerprint density at radius 3 is 2.69 bits per heavy atom. The molecule has 142 valence electrons. The summed E-state index contributed by atoms with van der Waals surface area (Å²) in [5, 5.41) is 4.10. The molecule has 0 radical (unpaired) electrons. The molecule has 4 heterocycles. The number of ether oxygens (including phenoxy) is 1. The van der Waals surface area contributed by atoms with Crippen LogP contribution in [0.1, 0.15) is 87.1 Å². The van der Waals surface area contributed by atoms with Gasteiger partial charge in [0.2, 0.25) is 5.89 Å². The Kier molecular flexibility index (Phi) is 5.41. The van der Waals surface area contributed by atoms with Crippen LogP contribution in [0.25, 0.3) is 0 Å². The van der Waals surface area contributed by atoms with E-state index in [2.05, 4.69) is 41.0 Å². The van der Waals surface area contributed by atoms with Gasteiger partial charge in [0.05, 0.1) is 6.54 Å². The minimum atomic E-state index is 0.149. The van der Waals surface area contributed by atoms with Crippen molar-refractivity contribution >= 4 is 0 Å². The van der Waals surface area contributed by atoms with E-state index in [1.54, 1.807) is 0 Å². The third kappa shape index (κ3) is 4.01. The van der Waals surface area contributed by atoms with Crippen molar-refractivity contribution in [3.8, 4) is 0 Å².